The molecule has 0 aliphatic heterocycles. The smallest absolute Gasteiger partial charge is 0.141 e. The first-order valence-electron chi connectivity index (χ1n) is 5.76. The third-order valence-corrected chi connectivity index (χ3v) is 3.17. The van der Waals surface area contributed by atoms with E-state index in [0.717, 1.165) is 23.1 Å². The fourth-order valence-corrected chi connectivity index (χ4v) is 2.03. The normalized spacial score (nSPS) is 12.7. The number of aliphatic hydroxyl groups excluding tert-OH is 1. The molecule has 96 valence electrons. The van der Waals surface area contributed by atoms with Gasteiger partial charge in [0.2, 0.25) is 0 Å². The van der Waals surface area contributed by atoms with Gasteiger partial charge in [-0.1, -0.05) is 0 Å². The van der Waals surface area contributed by atoms with Crippen LogP contribution in [0.4, 0.5) is 4.39 Å². The van der Waals surface area contributed by atoms with Crippen LogP contribution >= 0.6 is 0 Å². The largest absolute Gasteiger partial charge is 0.388 e. The molecule has 0 amide bonds. The molecule has 2 heterocycles. The number of rotatable bonds is 3. The predicted octanol–water partition coefficient (Wildman–Crippen LogP) is 1.85. The Balaban J connectivity index is 2.24. The maximum absolute atomic E-state index is 13.0. The molecule has 0 spiro atoms. The molecular formula is C13H16FN3O. The highest BCUT2D eigenvalue weighted by molar-refractivity contribution is 5.27. The molecular weight excluding hydrogens is 233 g/mol. The van der Waals surface area contributed by atoms with Crippen molar-refractivity contribution in [2.75, 3.05) is 0 Å². The molecule has 2 aromatic heterocycles. The van der Waals surface area contributed by atoms with Gasteiger partial charge in [0.1, 0.15) is 5.82 Å². The number of aryl methyl sites for hydroxylation is 2. The van der Waals surface area contributed by atoms with Gasteiger partial charge in [-0.15, -0.1) is 0 Å². The lowest BCUT2D eigenvalue weighted by Gasteiger charge is -2.11. The Morgan fingerprint density at radius 2 is 2.11 bits per heavy atom. The number of hydrogen-bond donors (Lipinski definition) is 1. The molecule has 5 heteroatoms. The third-order valence-electron chi connectivity index (χ3n) is 3.17. The minimum Gasteiger partial charge on any atom is -0.388 e. The van der Waals surface area contributed by atoms with Crippen molar-refractivity contribution in [1.82, 2.24) is 14.8 Å². The molecule has 0 saturated heterocycles. The standard InChI is InChI=1S/C13H16FN3O/c1-8-12(9(2)17(3)16-8)5-13(18)10-4-11(14)7-15-6-10/h4,6-7,13,18H,5H2,1-3H3. The first kappa shape index (κ1) is 12.7. The summed E-state index contributed by atoms with van der Waals surface area (Å²) < 4.78 is 14.8. The fraction of sp³-hybridized carbons (Fsp3) is 0.385. The van der Waals surface area contributed by atoms with Gasteiger partial charge in [0.05, 0.1) is 18.0 Å². The van der Waals surface area contributed by atoms with E-state index in [4.69, 9.17) is 0 Å². The topological polar surface area (TPSA) is 50.9 Å². The molecule has 18 heavy (non-hydrogen) atoms. The van der Waals surface area contributed by atoms with E-state index in [9.17, 15) is 9.50 Å². The number of pyridine rings is 1. The summed E-state index contributed by atoms with van der Waals surface area (Å²) in [4.78, 5) is 3.74. The molecule has 0 saturated carbocycles. The zero-order valence-corrected chi connectivity index (χ0v) is 10.7. The maximum Gasteiger partial charge on any atom is 0.141 e. The Morgan fingerprint density at radius 3 is 2.67 bits per heavy atom. The third kappa shape index (κ3) is 2.41. The van der Waals surface area contributed by atoms with Crippen molar-refractivity contribution < 1.29 is 9.50 Å². The first-order valence-corrected chi connectivity index (χ1v) is 5.76. The Bertz CT molecular complexity index is 565. The molecule has 0 fully saturated rings. The molecule has 2 rings (SSSR count). The summed E-state index contributed by atoms with van der Waals surface area (Å²) >= 11 is 0. The average Bonchev–Trinajstić information content (AvgIpc) is 2.56. The summed E-state index contributed by atoms with van der Waals surface area (Å²) in [7, 11) is 1.86. The zero-order chi connectivity index (χ0) is 13.3. The quantitative estimate of drug-likeness (QED) is 0.903. The summed E-state index contributed by atoms with van der Waals surface area (Å²) in [5.41, 5.74) is 3.38. The van der Waals surface area contributed by atoms with Gasteiger partial charge in [-0.2, -0.15) is 5.10 Å². The zero-order valence-electron chi connectivity index (χ0n) is 10.7. The maximum atomic E-state index is 13.0. The van der Waals surface area contributed by atoms with Crippen LogP contribution < -0.4 is 0 Å². The van der Waals surface area contributed by atoms with Crippen LogP contribution in [-0.2, 0) is 13.5 Å². The van der Waals surface area contributed by atoms with Crippen LogP contribution in [0.15, 0.2) is 18.5 Å². The molecule has 1 N–H and O–H groups in total. The van der Waals surface area contributed by atoms with Crippen LogP contribution in [0.25, 0.3) is 0 Å². The summed E-state index contributed by atoms with van der Waals surface area (Å²) in [6.07, 6.45) is 2.25. The van der Waals surface area contributed by atoms with Gasteiger partial charge in [-0.25, -0.2) is 4.39 Å². The summed E-state index contributed by atoms with van der Waals surface area (Å²) in [5, 5.41) is 14.4. The molecule has 0 aliphatic carbocycles. The van der Waals surface area contributed by atoms with E-state index in [-0.39, 0.29) is 0 Å². The van der Waals surface area contributed by atoms with E-state index in [1.807, 2.05) is 20.9 Å². The van der Waals surface area contributed by atoms with Crippen molar-refractivity contribution in [3.8, 4) is 0 Å². The number of nitrogens with zero attached hydrogens (tertiary/aromatic N) is 3. The lowest BCUT2D eigenvalue weighted by atomic mass is 10.0. The van der Waals surface area contributed by atoms with Crippen molar-refractivity contribution in [1.29, 1.82) is 0 Å². The van der Waals surface area contributed by atoms with Crippen molar-refractivity contribution in [3.05, 3.63) is 46.8 Å². The van der Waals surface area contributed by atoms with Crippen LogP contribution in [0.5, 0.6) is 0 Å². The second-order valence-corrected chi connectivity index (χ2v) is 4.43. The minimum atomic E-state index is -0.769. The van der Waals surface area contributed by atoms with Gasteiger partial charge in [-0.05, 0) is 25.5 Å². The molecule has 0 bridgehead atoms. The lowest BCUT2D eigenvalue weighted by Crippen LogP contribution is -2.05. The highest BCUT2D eigenvalue weighted by Gasteiger charge is 2.16. The molecule has 4 nitrogen and oxygen atoms in total. The highest BCUT2D eigenvalue weighted by atomic mass is 19.1. The van der Waals surface area contributed by atoms with Crippen molar-refractivity contribution in [2.24, 2.45) is 7.05 Å². The predicted molar refractivity (Wildman–Crippen MR) is 65.5 cm³/mol. The van der Waals surface area contributed by atoms with Crippen molar-refractivity contribution in [3.63, 3.8) is 0 Å². The van der Waals surface area contributed by atoms with Crippen molar-refractivity contribution in [2.45, 2.75) is 26.4 Å². The van der Waals surface area contributed by atoms with E-state index in [0.29, 0.717) is 12.0 Å². The second kappa shape index (κ2) is 4.86. The van der Waals surface area contributed by atoms with Crippen LogP contribution in [-0.4, -0.2) is 19.9 Å². The minimum absolute atomic E-state index is 0.413. The first-order chi connectivity index (χ1) is 8.49. The van der Waals surface area contributed by atoms with Crippen molar-refractivity contribution >= 4 is 0 Å². The fourth-order valence-electron chi connectivity index (χ4n) is 2.03. The number of aromatic nitrogens is 3. The molecule has 1 unspecified atom stereocenters. The van der Waals surface area contributed by atoms with Gasteiger partial charge in [0.25, 0.3) is 0 Å². The van der Waals surface area contributed by atoms with Crippen LogP contribution in [0.1, 0.15) is 28.6 Å². The van der Waals surface area contributed by atoms with E-state index in [1.54, 1.807) is 4.68 Å². The Kier molecular flexibility index (Phi) is 3.43. The summed E-state index contributed by atoms with van der Waals surface area (Å²) in [6.45, 7) is 3.85. The van der Waals surface area contributed by atoms with Gasteiger partial charge in [0, 0.05) is 30.9 Å². The average molecular weight is 249 g/mol. The SMILES string of the molecule is Cc1nn(C)c(C)c1CC(O)c1cncc(F)c1. The molecule has 0 radical (unpaired) electrons. The van der Waals surface area contributed by atoms with E-state index < -0.39 is 11.9 Å². The van der Waals surface area contributed by atoms with Crippen LogP contribution in [0, 0.1) is 19.7 Å². The second-order valence-electron chi connectivity index (χ2n) is 4.43. The van der Waals surface area contributed by atoms with E-state index in [1.165, 1.54) is 12.3 Å². The Morgan fingerprint density at radius 1 is 1.39 bits per heavy atom. The number of aliphatic hydroxyl groups is 1. The molecule has 1 atom stereocenters. The lowest BCUT2D eigenvalue weighted by molar-refractivity contribution is 0.177. The molecule has 0 aromatic carbocycles. The Labute approximate surface area is 105 Å². The van der Waals surface area contributed by atoms with Gasteiger partial charge < -0.3 is 5.11 Å². The number of halogens is 1. The highest BCUT2D eigenvalue weighted by Crippen LogP contribution is 2.22. The van der Waals surface area contributed by atoms with Crippen LogP contribution in [0.3, 0.4) is 0 Å². The monoisotopic (exact) mass is 249 g/mol. The van der Waals surface area contributed by atoms with Crippen LogP contribution in [0.2, 0.25) is 0 Å². The molecule has 2 aromatic rings. The van der Waals surface area contributed by atoms with E-state index in [2.05, 4.69) is 10.1 Å². The van der Waals surface area contributed by atoms with Gasteiger partial charge >= 0.3 is 0 Å². The Hall–Kier alpha value is -1.75. The van der Waals surface area contributed by atoms with E-state index >= 15 is 0 Å². The molecule has 0 aliphatic rings. The number of hydrogen-bond acceptors (Lipinski definition) is 3. The van der Waals surface area contributed by atoms with Gasteiger partial charge in [0.15, 0.2) is 0 Å². The van der Waals surface area contributed by atoms with Gasteiger partial charge in [-0.3, -0.25) is 9.67 Å². The summed E-state index contributed by atoms with van der Waals surface area (Å²) in [6, 6.07) is 1.30. The summed E-state index contributed by atoms with van der Waals surface area (Å²) in [5.74, 6) is -0.439.